The Balaban J connectivity index is 2.29. The van der Waals surface area contributed by atoms with Crippen LogP contribution in [0.5, 0.6) is 0 Å². The molecule has 0 radical (unpaired) electrons. The van der Waals surface area contributed by atoms with Crippen LogP contribution in [0, 0.1) is 5.82 Å². The van der Waals surface area contributed by atoms with E-state index in [1.54, 1.807) is 0 Å². The summed E-state index contributed by atoms with van der Waals surface area (Å²) in [7, 11) is 0. The van der Waals surface area contributed by atoms with Gasteiger partial charge in [0.25, 0.3) is 0 Å². The quantitative estimate of drug-likeness (QED) is 0.901. The van der Waals surface area contributed by atoms with Gasteiger partial charge in [-0.1, -0.05) is 28.3 Å². The zero-order valence-corrected chi connectivity index (χ0v) is 9.89. The Labute approximate surface area is 106 Å². The van der Waals surface area contributed by atoms with Gasteiger partial charge in [0.05, 0.1) is 22.3 Å². The van der Waals surface area contributed by atoms with Crippen molar-refractivity contribution in [2.45, 2.75) is 6.54 Å². The second-order valence-corrected chi connectivity index (χ2v) is 3.89. The molecule has 0 aliphatic heterocycles. The molecule has 0 spiro atoms. The fourth-order valence-electron chi connectivity index (χ4n) is 1.16. The van der Waals surface area contributed by atoms with Gasteiger partial charge >= 0.3 is 6.01 Å². The first-order chi connectivity index (χ1) is 8.10. The normalized spacial score (nSPS) is 10.6. The van der Waals surface area contributed by atoms with Crippen LogP contribution in [-0.2, 0) is 6.54 Å². The summed E-state index contributed by atoms with van der Waals surface area (Å²) in [5.74, 6) is -0.263. The molecule has 3 N–H and O–H groups in total. The molecule has 2 rings (SSSR count). The van der Waals surface area contributed by atoms with E-state index in [-0.39, 0.29) is 28.5 Å². The Morgan fingerprint density at radius 3 is 2.47 bits per heavy atom. The summed E-state index contributed by atoms with van der Waals surface area (Å²) in [4.78, 5) is 0. The second kappa shape index (κ2) is 4.87. The van der Waals surface area contributed by atoms with E-state index in [4.69, 9.17) is 33.4 Å². The number of rotatable bonds is 3. The van der Waals surface area contributed by atoms with Gasteiger partial charge in [-0.2, -0.15) is 0 Å². The van der Waals surface area contributed by atoms with E-state index in [0.717, 1.165) is 12.1 Å². The smallest absolute Gasteiger partial charge is 0.320 e. The lowest BCUT2D eigenvalue weighted by Gasteiger charge is -2.06. The lowest BCUT2D eigenvalue weighted by Crippen LogP contribution is -1.95. The van der Waals surface area contributed by atoms with Crippen LogP contribution >= 0.6 is 23.2 Å². The zero-order valence-electron chi connectivity index (χ0n) is 8.38. The number of halogens is 3. The fourth-order valence-corrected chi connectivity index (χ4v) is 1.71. The molecule has 1 aromatic carbocycles. The van der Waals surface area contributed by atoms with E-state index in [1.807, 2.05) is 0 Å². The maximum atomic E-state index is 12.9. The first-order valence-electron chi connectivity index (χ1n) is 4.54. The van der Waals surface area contributed by atoms with Gasteiger partial charge in [0, 0.05) is 0 Å². The van der Waals surface area contributed by atoms with E-state index in [1.165, 1.54) is 0 Å². The minimum atomic E-state index is -0.529. The molecule has 1 aromatic heterocycles. The number of hydrogen-bond acceptors (Lipinski definition) is 5. The monoisotopic (exact) mass is 276 g/mol. The molecule has 0 saturated carbocycles. The van der Waals surface area contributed by atoms with Gasteiger partial charge in [-0.25, -0.2) is 4.39 Å². The molecule has 17 heavy (non-hydrogen) atoms. The molecule has 0 atom stereocenters. The van der Waals surface area contributed by atoms with Gasteiger partial charge in [-0.05, 0) is 12.1 Å². The minimum Gasteiger partial charge on any atom is -0.406 e. The van der Waals surface area contributed by atoms with Gasteiger partial charge < -0.3 is 15.5 Å². The molecule has 0 aliphatic carbocycles. The zero-order chi connectivity index (χ0) is 12.4. The van der Waals surface area contributed by atoms with Crippen LogP contribution in [0.4, 0.5) is 16.1 Å². The second-order valence-electron chi connectivity index (χ2n) is 3.07. The van der Waals surface area contributed by atoms with Gasteiger partial charge in [-0.15, -0.1) is 5.10 Å². The van der Waals surface area contributed by atoms with Crippen molar-refractivity contribution in [3.05, 3.63) is 33.9 Å². The molecule has 1 heterocycles. The number of nitrogens with one attached hydrogen (secondary N) is 1. The first-order valence-corrected chi connectivity index (χ1v) is 5.29. The third kappa shape index (κ3) is 2.66. The van der Waals surface area contributed by atoms with E-state index < -0.39 is 5.82 Å². The van der Waals surface area contributed by atoms with Gasteiger partial charge in [0.15, 0.2) is 0 Å². The van der Waals surface area contributed by atoms with Crippen LogP contribution in [0.1, 0.15) is 5.89 Å². The number of nitrogens with zero attached hydrogens (tertiary/aromatic N) is 2. The summed E-state index contributed by atoms with van der Waals surface area (Å²) in [6.07, 6.45) is 0. The van der Waals surface area contributed by atoms with E-state index in [0.29, 0.717) is 5.69 Å². The van der Waals surface area contributed by atoms with Crippen molar-refractivity contribution >= 4 is 34.9 Å². The molecule has 0 bridgehead atoms. The third-order valence-electron chi connectivity index (χ3n) is 1.88. The molecule has 0 aliphatic rings. The number of anilines is 2. The van der Waals surface area contributed by atoms with Gasteiger partial charge in [-0.3, -0.25) is 0 Å². The summed E-state index contributed by atoms with van der Waals surface area (Å²) in [6.45, 7) is 0.125. The Hall–Kier alpha value is -1.37. The summed E-state index contributed by atoms with van der Waals surface area (Å²) >= 11 is 11.6. The molecular weight excluding hydrogens is 270 g/mol. The number of aromatic nitrogens is 2. The van der Waals surface area contributed by atoms with Crippen molar-refractivity contribution in [1.82, 2.24) is 10.2 Å². The molecule has 0 fully saturated rings. The van der Waals surface area contributed by atoms with Gasteiger partial charge in [0.2, 0.25) is 5.89 Å². The van der Waals surface area contributed by atoms with Crippen LogP contribution in [0.2, 0.25) is 10.0 Å². The average Bonchev–Trinajstić information content (AvgIpc) is 2.71. The molecule has 0 amide bonds. The highest BCUT2D eigenvalue weighted by Crippen LogP contribution is 2.33. The van der Waals surface area contributed by atoms with Crippen LogP contribution in [0.3, 0.4) is 0 Å². The third-order valence-corrected chi connectivity index (χ3v) is 2.48. The average molecular weight is 277 g/mol. The molecule has 90 valence electrons. The van der Waals surface area contributed by atoms with Crippen molar-refractivity contribution in [1.29, 1.82) is 0 Å². The van der Waals surface area contributed by atoms with Crippen LogP contribution in [-0.4, -0.2) is 10.2 Å². The number of nitrogens with two attached hydrogens (primary N) is 1. The summed E-state index contributed by atoms with van der Waals surface area (Å²) in [6, 6.07) is 2.33. The summed E-state index contributed by atoms with van der Waals surface area (Å²) in [5, 5.41) is 10.2. The van der Waals surface area contributed by atoms with E-state index in [2.05, 4.69) is 15.5 Å². The highest BCUT2D eigenvalue weighted by atomic mass is 35.5. The van der Waals surface area contributed by atoms with Crippen molar-refractivity contribution < 1.29 is 8.81 Å². The largest absolute Gasteiger partial charge is 0.406 e. The maximum absolute atomic E-state index is 12.9. The van der Waals surface area contributed by atoms with E-state index in [9.17, 15) is 4.39 Å². The summed E-state index contributed by atoms with van der Waals surface area (Å²) < 4.78 is 18.0. The van der Waals surface area contributed by atoms with Crippen LogP contribution in [0.25, 0.3) is 0 Å². The molecule has 2 aromatic rings. The van der Waals surface area contributed by atoms with Gasteiger partial charge in [0.1, 0.15) is 5.82 Å². The van der Waals surface area contributed by atoms with E-state index >= 15 is 0 Å². The lowest BCUT2D eigenvalue weighted by molar-refractivity contribution is 0.511. The van der Waals surface area contributed by atoms with Crippen LogP contribution in [0.15, 0.2) is 16.5 Å². The van der Waals surface area contributed by atoms with Crippen molar-refractivity contribution in [3.63, 3.8) is 0 Å². The lowest BCUT2D eigenvalue weighted by atomic mass is 10.3. The molecule has 0 unspecified atom stereocenters. The Kier molecular flexibility index (Phi) is 3.46. The SMILES string of the molecule is NCc1nnc(Nc2c(Cl)cc(F)cc2Cl)o1. The van der Waals surface area contributed by atoms with Crippen LogP contribution < -0.4 is 11.1 Å². The highest BCUT2D eigenvalue weighted by molar-refractivity contribution is 6.39. The topological polar surface area (TPSA) is 77.0 Å². The predicted molar refractivity (Wildman–Crippen MR) is 61.9 cm³/mol. The Morgan fingerprint density at radius 2 is 1.94 bits per heavy atom. The Bertz CT molecular complexity index is 523. The highest BCUT2D eigenvalue weighted by Gasteiger charge is 2.12. The number of hydrogen-bond donors (Lipinski definition) is 2. The molecule has 8 heteroatoms. The standard InChI is InChI=1S/C9H7Cl2FN4O/c10-5-1-4(12)2-6(11)8(5)14-9-16-15-7(3-13)17-9/h1-2H,3,13H2,(H,14,16). The molecule has 0 saturated heterocycles. The van der Waals surface area contributed by atoms with Crippen molar-refractivity contribution in [2.24, 2.45) is 5.73 Å². The Morgan fingerprint density at radius 1 is 1.29 bits per heavy atom. The predicted octanol–water partition coefficient (Wildman–Crippen LogP) is 2.72. The van der Waals surface area contributed by atoms with Crippen molar-refractivity contribution in [3.8, 4) is 0 Å². The minimum absolute atomic E-state index is 0.0841. The van der Waals surface area contributed by atoms with Crippen molar-refractivity contribution in [2.75, 3.05) is 5.32 Å². The first kappa shape index (κ1) is 12.1. The number of benzene rings is 1. The fraction of sp³-hybridized carbons (Fsp3) is 0.111. The summed E-state index contributed by atoms with van der Waals surface area (Å²) in [5.41, 5.74) is 5.60. The molecular formula is C9H7Cl2FN4O. The molecule has 5 nitrogen and oxygen atoms in total. The maximum Gasteiger partial charge on any atom is 0.320 e.